The van der Waals surface area contributed by atoms with Crippen LogP contribution in [-0.2, 0) is 19.1 Å². The first-order valence-corrected chi connectivity index (χ1v) is 13.7. The molecule has 1 saturated carbocycles. The zero-order valence-electron chi connectivity index (χ0n) is 21.3. The van der Waals surface area contributed by atoms with Gasteiger partial charge in [-0.2, -0.15) is 0 Å². The van der Waals surface area contributed by atoms with Crippen LogP contribution in [0.3, 0.4) is 0 Å². The van der Waals surface area contributed by atoms with Crippen molar-refractivity contribution in [3.8, 4) is 0 Å². The SMILES string of the molecule is Cc1nc(C2CC2(C)C2(C)OC(=O)CCCC(=O)CCCCCCC3OC3(C)C2(C)C)cs1. The highest BCUT2D eigenvalue weighted by Gasteiger charge is 2.76. The number of carbonyl (C=O) groups is 2. The second kappa shape index (κ2) is 8.75. The van der Waals surface area contributed by atoms with Gasteiger partial charge in [-0.1, -0.05) is 40.0 Å². The number of cyclic esters (lactones) is 1. The second-order valence-electron chi connectivity index (χ2n) is 11.7. The van der Waals surface area contributed by atoms with Crippen LogP contribution in [0.2, 0.25) is 0 Å². The molecule has 3 fully saturated rings. The highest BCUT2D eigenvalue weighted by atomic mass is 32.1. The molecule has 6 heteroatoms. The van der Waals surface area contributed by atoms with E-state index in [4.69, 9.17) is 14.5 Å². The van der Waals surface area contributed by atoms with Crippen LogP contribution in [0.5, 0.6) is 0 Å². The van der Waals surface area contributed by atoms with Crippen molar-refractivity contribution in [3.63, 3.8) is 0 Å². The van der Waals surface area contributed by atoms with E-state index in [2.05, 4.69) is 40.0 Å². The van der Waals surface area contributed by atoms with E-state index in [0.29, 0.717) is 19.3 Å². The molecule has 1 aromatic rings. The standard InChI is InChI=1S/C27H41NO4S/c1-18-28-21(17-33-18)20-16-25(20,4)27(6)24(2,3)26(5)22(31-26)14-10-8-7-9-12-19(29)13-11-15-23(30)32-27/h17,20,22H,7-16H2,1-6H3. The molecule has 5 unspecified atom stereocenters. The van der Waals surface area contributed by atoms with Crippen LogP contribution in [0.4, 0.5) is 0 Å². The van der Waals surface area contributed by atoms with Gasteiger partial charge in [0.15, 0.2) is 0 Å². The van der Waals surface area contributed by atoms with Crippen LogP contribution in [0.25, 0.3) is 0 Å². The molecule has 1 aromatic heterocycles. The first-order chi connectivity index (χ1) is 15.4. The molecular weight excluding hydrogens is 434 g/mol. The molecule has 0 aromatic carbocycles. The molecule has 0 spiro atoms. The van der Waals surface area contributed by atoms with Gasteiger partial charge in [-0.15, -0.1) is 11.3 Å². The predicted molar refractivity (Wildman–Crippen MR) is 130 cm³/mol. The molecule has 0 amide bonds. The van der Waals surface area contributed by atoms with E-state index >= 15 is 0 Å². The number of ketones is 1. The summed E-state index contributed by atoms with van der Waals surface area (Å²) in [6, 6.07) is 0. The van der Waals surface area contributed by atoms with E-state index in [9.17, 15) is 9.59 Å². The molecule has 3 heterocycles. The zero-order valence-corrected chi connectivity index (χ0v) is 22.1. The Bertz CT molecular complexity index is 910. The Labute approximate surface area is 203 Å². The highest BCUT2D eigenvalue weighted by molar-refractivity contribution is 7.09. The minimum Gasteiger partial charge on any atom is -0.458 e. The third-order valence-electron chi connectivity index (χ3n) is 9.53. The smallest absolute Gasteiger partial charge is 0.306 e. The van der Waals surface area contributed by atoms with Crippen molar-refractivity contribution in [2.24, 2.45) is 10.8 Å². The molecule has 0 bridgehead atoms. The number of fused-ring (bicyclic) bond motifs is 1. The molecule has 33 heavy (non-hydrogen) atoms. The summed E-state index contributed by atoms with van der Waals surface area (Å²) in [6.45, 7) is 13.1. The van der Waals surface area contributed by atoms with Crippen molar-refractivity contribution in [2.75, 3.05) is 0 Å². The van der Waals surface area contributed by atoms with Gasteiger partial charge in [0.05, 0.1) is 16.8 Å². The molecule has 184 valence electrons. The fourth-order valence-corrected chi connectivity index (χ4v) is 6.95. The van der Waals surface area contributed by atoms with Gasteiger partial charge in [0, 0.05) is 41.4 Å². The molecule has 5 atom stereocenters. The summed E-state index contributed by atoms with van der Waals surface area (Å²) in [5.41, 5.74) is -0.535. The zero-order chi connectivity index (χ0) is 24.1. The largest absolute Gasteiger partial charge is 0.458 e. The average molecular weight is 476 g/mol. The third-order valence-corrected chi connectivity index (χ3v) is 10.3. The quantitative estimate of drug-likeness (QED) is 0.359. The van der Waals surface area contributed by atoms with Crippen molar-refractivity contribution >= 4 is 23.1 Å². The first kappa shape index (κ1) is 24.8. The Hall–Kier alpha value is -1.27. The number of carbonyl (C=O) groups excluding carboxylic acids is 2. The van der Waals surface area contributed by atoms with Gasteiger partial charge in [0.25, 0.3) is 0 Å². The second-order valence-corrected chi connectivity index (χ2v) is 12.7. The van der Waals surface area contributed by atoms with Crippen LogP contribution in [0.1, 0.15) is 115 Å². The molecule has 4 rings (SSSR count). The van der Waals surface area contributed by atoms with Gasteiger partial charge >= 0.3 is 5.97 Å². The maximum absolute atomic E-state index is 13.1. The van der Waals surface area contributed by atoms with E-state index in [1.54, 1.807) is 11.3 Å². The highest BCUT2D eigenvalue weighted by Crippen LogP contribution is 2.73. The summed E-state index contributed by atoms with van der Waals surface area (Å²) < 4.78 is 12.9. The lowest BCUT2D eigenvalue weighted by Crippen LogP contribution is -2.59. The van der Waals surface area contributed by atoms with Gasteiger partial charge < -0.3 is 9.47 Å². The Morgan fingerprint density at radius 3 is 2.36 bits per heavy atom. The summed E-state index contributed by atoms with van der Waals surface area (Å²) >= 11 is 1.68. The number of ether oxygens (including phenoxy) is 2. The number of aryl methyl sites for hydroxylation is 1. The lowest BCUT2D eigenvalue weighted by atomic mass is 9.59. The van der Waals surface area contributed by atoms with Crippen LogP contribution in [-0.4, -0.2) is 34.0 Å². The first-order valence-electron chi connectivity index (χ1n) is 12.8. The fraction of sp³-hybridized carbons (Fsp3) is 0.815. The molecule has 5 nitrogen and oxygen atoms in total. The van der Waals surface area contributed by atoms with Gasteiger partial charge in [-0.25, -0.2) is 4.98 Å². The third kappa shape index (κ3) is 4.31. The lowest BCUT2D eigenvalue weighted by Gasteiger charge is -2.51. The van der Waals surface area contributed by atoms with Gasteiger partial charge in [-0.05, 0) is 46.5 Å². The van der Waals surface area contributed by atoms with Crippen molar-refractivity contribution in [1.29, 1.82) is 0 Å². The molecule has 1 aliphatic carbocycles. The Morgan fingerprint density at radius 2 is 1.67 bits per heavy atom. The molecule has 3 aliphatic rings. The fourth-order valence-electron chi connectivity index (χ4n) is 6.28. The summed E-state index contributed by atoms with van der Waals surface area (Å²) in [5, 5.41) is 3.23. The van der Waals surface area contributed by atoms with Gasteiger partial charge in [0.2, 0.25) is 0 Å². The Balaban J connectivity index is 1.63. The van der Waals surface area contributed by atoms with E-state index in [-0.39, 0.29) is 46.6 Å². The normalized spacial score (nSPS) is 40.1. The summed E-state index contributed by atoms with van der Waals surface area (Å²) in [6.07, 6.45) is 8.38. The molecule has 0 N–H and O–H groups in total. The number of thiazole rings is 1. The number of aromatic nitrogens is 1. The Kier molecular flexibility index (Phi) is 6.58. The predicted octanol–water partition coefficient (Wildman–Crippen LogP) is 6.52. The number of hydrogen-bond donors (Lipinski definition) is 0. The molecule has 2 saturated heterocycles. The summed E-state index contributed by atoms with van der Waals surface area (Å²) in [4.78, 5) is 30.1. The van der Waals surface area contributed by atoms with Crippen LogP contribution >= 0.6 is 11.3 Å². The average Bonchev–Trinajstić information content (AvgIpc) is 3.56. The van der Waals surface area contributed by atoms with Crippen molar-refractivity contribution < 1.29 is 19.1 Å². The number of Topliss-reactive ketones (excluding diaryl/α,β-unsaturated/α-hetero) is 1. The monoisotopic (exact) mass is 475 g/mol. The van der Waals surface area contributed by atoms with E-state index in [1.807, 2.05) is 6.92 Å². The van der Waals surface area contributed by atoms with Crippen LogP contribution in [0, 0.1) is 17.8 Å². The van der Waals surface area contributed by atoms with Gasteiger partial charge in [0.1, 0.15) is 17.0 Å². The van der Waals surface area contributed by atoms with Crippen LogP contribution < -0.4 is 0 Å². The minimum absolute atomic E-state index is 0.183. The number of nitrogens with zero attached hydrogens (tertiary/aromatic N) is 1. The number of rotatable bonds is 2. The van der Waals surface area contributed by atoms with Gasteiger partial charge in [-0.3, -0.25) is 9.59 Å². The van der Waals surface area contributed by atoms with E-state index in [1.165, 1.54) is 0 Å². The van der Waals surface area contributed by atoms with Crippen LogP contribution in [0.15, 0.2) is 5.38 Å². The molecule has 2 aliphatic heterocycles. The van der Waals surface area contributed by atoms with Crippen molar-refractivity contribution in [2.45, 2.75) is 129 Å². The van der Waals surface area contributed by atoms with Crippen molar-refractivity contribution in [1.82, 2.24) is 4.98 Å². The maximum Gasteiger partial charge on any atom is 0.306 e. The maximum atomic E-state index is 13.1. The molecule has 0 radical (unpaired) electrons. The van der Waals surface area contributed by atoms with E-state index < -0.39 is 5.60 Å². The van der Waals surface area contributed by atoms with E-state index in [0.717, 1.165) is 49.2 Å². The summed E-state index contributed by atoms with van der Waals surface area (Å²) in [7, 11) is 0. The topological polar surface area (TPSA) is 68.8 Å². The lowest BCUT2D eigenvalue weighted by molar-refractivity contribution is -0.195. The summed E-state index contributed by atoms with van der Waals surface area (Å²) in [5.74, 6) is 0.337. The number of hydrogen-bond acceptors (Lipinski definition) is 6. The van der Waals surface area contributed by atoms with Crippen molar-refractivity contribution in [3.05, 3.63) is 16.1 Å². The Morgan fingerprint density at radius 1 is 0.970 bits per heavy atom. The molecular formula is C27H41NO4S. The minimum atomic E-state index is -0.718. The number of epoxide rings is 1. The number of esters is 1.